The van der Waals surface area contributed by atoms with Gasteiger partial charge in [-0.3, -0.25) is 29.0 Å². The van der Waals surface area contributed by atoms with Crippen molar-refractivity contribution in [2.24, 2.45) is 23.7 Å². The van der Waals surface area contributed by atoms with Gasteiger partial charge in [-0.1, -0.05) is 23.3 Å². The van der Waals surface area contributed by atoms with E-state index in [4.69, 9.17) is 9.47 Å². The molecule has 0 radical (unpaired) electrons. The topological polar surface area (TPSA) is 124 Å². The van der Waals surface area contributed by atoms with Crippen molar-refractivity contribution < 1.29 is 28.7 Å². The maximum atomic E-state index is 13.9. The van der Waals surface area contributed by atoms with E-state index in [9.17, 15) is 19.2 Å². The first-order valence-corrected chi connectivity index (χ1v) is 22.4. The lowest BCUT2D eigenvalue weighted by atomic mass is 9.53. The number of anilines is 4. The lowest BCUT2D eigenvalue weighted by Gasteiger charge is -2.58. The van der Waals surface area contributed by atoms with Gasteiger partial charge >= 0.3 is 0 Å². The minimum absolute atomic E-state index is 0.0466. The van der Waals surface area contributed by atoms with E-state index in [0.29, 0.717) is 56.4 Å². The molecule has 12 aliphatic rings. The number of ether oxygens (including phenoxy) is 2. The maximum Gasteiger partial charge on any atom is 0.229 e. The Morgan fingerprint density at radius 1 is 0.678 bits per heavy atom. The molecule has 2 saturated carbocycles. The SMILES string of the molecule is O=C(CCCC(=O)Nc1ccc2c(c1)[C@@]13CCN4CC5=CCO[C@H]6CC(=O)N2[C@H]1[C@H]6[C@H]5C[C@H]43)Nc1ccc2c(c1)[C@@]13CCN4CC5=CCO[C@H]6CC(=O)N2[C@H]1[C@H]6[C@H]5C[C@H]43. The van der Waals surface area contributed by atoms with Crippen LogP contribution in [0.25, 0.3) is 0 Å². The summed E-state index contributed by atoms with van der Waals surface area (Å²) in [4.78, 5) is 64.2. The van der Waals surface area contributed by atoms with Crippen molar-refractivity contribution in [2.75, 3.05) is 59.8 Å². The molecule has 0 unspecified atom stereocenters. The zero-order valence-electron chi connectivity index (χ0n) is 33.2. The van der Waals surface area contributed by atoms with Gasteiger partial charge in [-0.05, 0) is 105 Å². The molecular formula is C47H50N6O6. The Morgan fingerprint density at radius 3 is 1.63 bits per heavy atom. The van der Waals surface area contributed by atoms with Gasteiger partial charge in [-0.2, -0.15) is 0 Å². The smallest absolute Gasteiger partial charge is 0.229 e. The van der Waals surface area contributed by atoms with Gasteiger partial charge in [0, 0.05) is 83.4 Å². The van der Waals surface area contributed by atoms with Crippen LogP contribution in [0, 0.1) is 23.7 Å². The van der Waals surface area contributed by atoms with E-state index < -0.39 is 0 Å². The van der Waals surface area contributed by atoms with E-state index in [1.807, 2.05) is 12.1 Å². The Hall–Kier alpha value is -4.36. The number of hydrogen-bond donors (Lipinski definition) is 2. The van der Waals surface area contributed by atoms with Gasteiger partial charge in [0.15, 0.2) is 0 Å². The molecule has 2 aromatic carbocycles. The molecule has 2 spiro atoms. The molecular weight excluding hydrogens is 745 g/mol. The van der Waals surface area contributed by atoms with Crippen LogP contribution in [0.4, 0.5) is 22.7 Å². The highest BCUT2D eigenvalue weighted by Gasteiger charge is 2.72. The third-order valence-corrected chi connectivity index (χ3v) is 18.0. The fraction of sp³-hybridized carbons (Fsp3) is 0.574. The van der Waals surface area contributed by atoms with Crippen molar-refractivity contribution in [1.82, 2.24) is 9.80 Å². The summed E-state index contributed by atoms with van der Waals surface area (Å²) in [6.07, 6.45) is 10.4. The Morgan fingerprint density at radius 2 is 1.15 bits per heavy atom. The minimum Gasteiger partial charge on any atom is -0.373 e. The Labute approximate surface area is 343 Å². The summed E-state index contributed by atoms with van der Waals surface area (Å²) < 4.78 is 12.8. The molecule has 14 rings (SSSR count). The molecule has 304 valence electrons. The number of benzene rings is 2. The van der Waals surface area contributed by atoms with E-state index in [-0.39, 0.29) is 83.4 Å². The molecule has 2 aliphatic carbocycles. The molecule has 12 atom stereocenters. The minimum atomic E-state index is -0.162. The first-order valence-electron chi connectivity index (χ1n) is 22.4. The number of piperidine rings is 4. The second-order valence-electron chi connectivity index (χ2n) is 19.9. The average Bonchev–Trinajstić information content (AvgIpc) is 3.90. The monoisotopic (exact) mass is 794 g/mol. The first kappa shape index (κ1) is 34.4. The van der Waals surface area contributed by atoms with Crippen LogP contribution in [0.1, 0.15) is 68.9 Å². The highest BCUT2D eigenvalue weighted by atomic mass is 16.5. The summed E-state index contributed by atoms with van der Waals surface area (Å²) in [7, 11) is 0. The quantitative estimate of drug-likeness (QED) is 0.417. The highest BCUT2D eigenvalue weighted by molar-refractivity contribution is 6.02. The average molecular weight is 795 g/mol. The molecule has 12 nitrogen and oxygen atoms in total. The van der Waals surface area contributed by atoms with Crippen LogP contribution in [0.2, 0.25) is 0 Å². The molecule has 8 fully saturated rings. The predicted molar refractivity (Wildman–Crippen MR) is 218 cm³/mol. The van der Waals surface area contributed by atoms with Gasteiger partial charge in [0.2, 0.25) is 23.6 Å². The standard InChI is InChI=1S/C47H50N6O6/c54-38(48-26-4-6-32-30(16-26)46-10-12-50-22-24-8-14-58-34-20-40(56)52(32)44(46)42(34)28(24)18-36(46)50)2-1-3-39(55)49-27-5-7-33-31(17-27)47-11-13-51-23-25-9-15-59-35-21-41(57)53(33)45(47)43(35)29(25)19-37(47)51/h4-9,16-17,28-29,34-37,42-45H,1-3,10-15,18-23H2,(H,48,54)(H,49,55)/t28-,29-,34-,35-,36-,37-,42-,43-,44-,45-,46+,47+/m0/s1. The number of carbonyl (C=O) groups excluding carboxylic acids is 4. The van der Waals surface area contributed by atoms with E-state index in [2.05, 4.69) is 66.7 Å². The molecule has 10 aliphatic heterocycles. The van der Waals surface area contributed by atoms with Crippen LogP contribution < -0.4 is 20.4 Å². The summed E-state index contributed by atoms with van der Waals surface area (Å²) in [6.45, 7) is 5.20. The van der Waals surface area contributed by atoms with E-state index in [1.54, 1.807) is 0 Å². The lowest BCUT2D eigenvalue weighted by Crippen LogP contribution is -2.69. The van der Waals surface area contributed by atoms with Crippen molar-refractivity contribution in [1.29, 1.82) is 0 Å². The van der Waals surface area contributed by atoms with E-state index >= 15 is 0 Å². The van der Waals surface area contributed by atoms with Crippen molar-refractivity contribution >= 4 is 46.4 Å². The Kier molecular flexibility index (Phi) is 6.82. The van der Waals surface area contributed by atoms with Gasteiger partial charge in [0.1, 0.15) is 0 Å². The molecule has 10 heterocycles. The predicted octanol–water partition coefficient (Wildman–Crippen LogP) is 4.25. The second kappa shape index (κ2) is 11.7. The summed E-state index contributed by atoms with van der Waals surface area (Å²) in [5.74, 6) is 1.57. The lowest BCUT2D eigenvalue weighted by molar-refractivity contribution is -0.133. The fourth-order valence-corrected chi connectivity index (χ4v) is 16.1. The zero-order chi connectivity index (χ0) is 39.1. The molecule has 2 aromatic rings. The van der Waals surface area contributed by atoms with Gasteiger partial charge in [0.25, 0.3) is 0 Å². The number of carbonyl (C=O) groups is 4. The van der Waals surface area contributed by atoms with E-state index in [0.717, 1.165) is 74.6 Å². The van der Waals surface area contributed by atoms with Crippen LogP contribution in [-0.4, -0.2) is 109 Å². The maximum absolute atomic E-state index is 13.9. The van der Waals surface area contributed by atoms with E-state index in [1.165, 1.54) is 22.3 Å². The number of amides is 4. The van der Waals surface area contributed by atoms with Crippen molar-refractivity contribution in [3.63, 3.8) is 0 Å². The van der Waals surface area contributed by atoms with Gasteiger partial charge < -0.3 is 29.9 Å². The third-order valence-electron chi connectivity index (χ3n) is 18.0. The van der Waals surface area contributed by atoms with Crippen molar-refractivity contribution in [3.05, 3.63) is 70.8 Å². The first-order chi connectivity index (χ1) is 28.8. The van der Waals surface area contributed by atoms with Crippen LogP contribution in [0.3, 0.4) is 0 Å². The number of fused-ring (bicyclic) bond motifs is 4. The summed E-state index contributed by atoms with van der Waals surface area (Å²) in [5.41, 5.74) is 8.62. The number of hydrogen-bond acceptors (Lipinski definition) is 8. The molecule has 6 saturated heterocycles. The second-order valence-corrected chi connectivity index (χ2v) is 19.9. The van der Waals surface area contributed by atoms with Crippen LogP contribution in [0.15, 0.2) is 59.7 Å². The Bertz CT molecular complexity index is 2220. The molecule has 2 N–H and O–H groups in total. The molecule has 59 heavy (non-hydrogen) atoms. The molecule has 4 bridgehead atoms. The highest BCUT2D eigenvalue weighted by Crippen LogP contribution is 2.68. The van der Waals surface area contributed by atoms with Crippen LogP contribution in [0.5, 0.6) is 0 Å². The number of nitrogens with one attached hydrogen (secondary N) is 2. The normalized spacial score (nSPS) is 40.8. The van der Waals surface area contributed by atoms with Gasteiger partial charge in [0.05, 0.1) is 50.3 Å². The zero-order valence-corrected chi connectivity index (χ0v) is 33.2. The third kappa shape index (κ3) is 4.24. The van der Waals surface area contributed by atoms with Crippen LogP contribution >= 0.6 is 0 Å². The fourth-order valence-electron chi connectivity index (χ4n) is 16.1. The van der Waals surface area contributed by atoms with Gasteiger partial charge in [-0.25, -0.2) is 0 Å². The Balaban J connectivity index is 0.677. The molecule has 0 aromatic heterocycles. The summed E-state index contributed by atoms with van der Waals surface area (Å²) in [6, 6.07) is 13.2. The molecule has 12 heteroatoms. The molecule has 4 amide bonds. The summed E-state index contributed by atoms with van der Waals surface area (Å²) in [5, 5.41) is 6.32. The van der Waals surface area contributed by atoms with Crippen molar-refractivity contribution in [3.8, 4) is 0 Å². The summed E-state index contributed by atoms with van der Waals surface area (Å²) >= 11 is 0. The van der Waals surface area contributed by atoms with Gasteiger partial charge in [-0.15, -0.1) is 0 Å². The van der Waals surface area contributed by atoms with Crippen LogP contribution in [-0.2, 0) is 39.5 Å². The van der Waals surface area contributed by atoms with Crippen molar-refractivity contribution in [2.45, 2.75) is 105 Å². The largest absolute Gasteiger partial charge is 0.373 e. The number of nitrogens with zero attached hydrogens (tertiary/aromatic N) is 4. The number of rotatable bonds is 6.